The van der Waals surface area contributed by atoms with Crippen LogP contribution in [0.2, 0.25) is 0 Å². The number of carboxylic acids is 1. The number of esters is 1. The minimum absolute atomic E-state index is 0.0320. The average Bonchev–Trinajstić information content (AvgIpc) is 2.30. The van der Waals surface area contributed by atoms with Crippen LogP contribution in [0.4, 0.5) is 0 Å². The molecule has 0 unspecified atom stereocenters. The lowest BCUT2D eigenvalue weighted by atomic mass is 9.90. The molecule has 0 saturated carbocycles. The van der Waals surface area contributed by atoms with Gasteiger partial charge in [-0.3, -0.25) is 9.59 Å². The first-order chi connectivity index (χ1) is 5.65. The summed E-state index contributed by atoms with van der Waals surface area (Å²) < 4.78 is 4.77. The Morgan fingerprint density at radius 3 is 2.92 bits per heavy atom. The molecule has 4 nitrogen and oxygen atoms in total. The molecular weight excluding hydrogens is 160 g/mol. The molecule has 1 N–H and O–H groups in total. The first-order valence-corrected chi connectivity index (χ1v) is 4.03. The molecule has 1 rings (SSSR count). The summed E-state index contributed by atoms with van der Waals surface area (Å²) in [6, 6.07) is 0. The smallest absolute Gasteiger partial charge is 0.309 e. The van der Waals surface area contributed by atoms with Gasteiger partial charge < -0.3 is 9.84 Å². The van der Waals surface area contributed by atoms with Crippen molar-refractivity contribution in [3.05, 3.63) is 0 Å². The maximum Gasteiger partial charge on any atom is 0.309 e. The van der Waals surface area contributed by atoms with E-state index < -0.39 is 5.97 Å². The zero-order chi connectivity index (χ0) is 9.14. The van der Waals surface area contributed by atoms with Gasteiger partial charge >= 0.3 is 11.9 Å². The van der Waals surface area contributed by atoms with E-state index in [2.05, 4.69) is 0 Å². The van der Waals surface area contributed by atoms with Gasteiger partial charge in [-0.25, -0.2) is 0 Å². The van der Waals surface area contributed by atoms with Crippen LogP contribution in [0.15, 0.2) is 0 Å². The Bertz CT molecular complexity index is 199. The lowest BCUT2D eigenvalue weighted by Crippen LogP contribution is -2.18. The summed E-state index contributed by atoms with van der Waals surface area (Å²) in [6.45, 7) is 2.13. The van der Waals surface area contributed by atoms with E-state index in [0.717, 1.165) is 0 Å². The van der Waals surface area contributed by atoms with Crippen LogP contribution in [0.1, 0.15) is 19.8 Å². The van der Waals surface area contributed by atoms with Gasteiger partial charge in [-0.05, 0) is 6.42 Å². The van der Waals surface area contributed by atoms with Crippen LogP contribution in [0.5, 0.6) is 0 Å². The van der Waals surface area contributed by atoms with Crippen LogP contribution in [0.3, 0.4) is 0 Å². The van der Waals surface area contributed by atoms with Gasteiger partial charge in [0.2, 0.25) is 0 Å². The van der Waals surface area contributed by atoms with Gasteiger partial charge in [0.05, 0.1) is 18.9 Å². The molecule has 0 spiro atoms. The van der Waals surface area contributed by atoms with Crippen LogP contribution in [0.25, 0.3) is 0 Å². The second-order valence-electron chi connectivity index (χ2n) is 3.00. The molecule has 0 amide bonds. The molecule has 68 valence electrons. The molecule has 12 heavy (non-hydrogen) atoms. The van der Waals surface area contributed by atoms with Gasteiger partial charge in [-0.1, -0.05) is 6.92 Å². The molecule has 0 aromatic rings. The molecule has 1 fully saturated rings. The van der Waals surface area contributed by atoms with Crippen molar-refractivity contribution >= 4 is 11.9 Å². The minimum Gasteiger partial charge on any atom is -0.481 e. The maximum atomic E-state index is 11.0. The van der Waals surface area contributed by atoms with Crippen molar-refractivity contribution in [2.45, 2.75) is 19.8 Å². The third-order valence-electron chi connectivity index (χ3n) is 2.19. The van der Waals surface area contributed by atoms with Gasteiger partial charge in [-0.2, -0.15) is 0 Å². The summed E-state index contributed by atoms with van der Waals surface area (Å²) in [5, 5.41) is 8.51. The lowest BCUT2D eigenvalue weighted by molar-refractivity contribution is -0.141. The molecule has 0 aliphatic carbocycles. The van der Waals surface area contributed by atoms with E-state index in [0.29, 0.717) is 6.42 Å². The van der Waals surface area contributed by atoms with E-state index in [1.807, 2.05) is 6.92 Å². The third kappa shape index (κ3) is 1.75. The normalized spacial score (nSPS) is 28.6. The summed E-state index contributed by atoms with van der Waals surface area (Å²) in [5.41, 5.74) is 0. The summed E-state index contributed by atoms with van der Waals surface area (Å²) >= 11 is 0. The fourth-order valence-corrected chi connectivity index (χ4v) is 1.53. The van der Waals surface area contributed by atoms with Crippen molar-refractivity contribution in [2.24, 2.45) is 11.8 Å². The number of carbonyl (C=O) groups is 2. The van der Waals surface area contributed by atoms with Crippen molar-refractivity contribution in [1.82, 2.24) is 0 Å². The van der Waals surface area contributed by atoms with Gasteiger partial charge in [-0.15, -0.1) is 0 Å². The van der Waals surface area contributed by atoms with Crippen LogP contribution in [-0.4, -0.2) is 23.7 Å². The highest BCUT2D eigenvalue weighted by molar-refractivity contribution is 5.76. The number of carbonyl (C=O) groups excluding carboxylic acids is 1. The second kappa shape index (κ2) is 3.56. The molecule has 0 aromatic heterocycles. The number of ether oxygens (including phenoxy) is 1. The highest BCUT2D eigenvalue weighted by Crippen LogP contribution is 2.27. The van der Waals surface area contributed by atoms with Crippen LogP contribution >= 0.6 is 0 Å². The molecule has 0 bridgehead atoms. The third-order valence-corrected chi connectivity index (χ3v) is 2.19. The van der Waals surface area contributed by atoms with E-state index in [9.17, 15) is 9.59 Å². The van der Waals surface area contributed by atoms with E-state index in [4.69, 9.17) is 9.84 Å². The van der Waals surface area contributed by atoms with Crippen LogP contribution in [0, 0.1) is 11.8 Å². The summed E-state index contributed by atoms with van der Waals surface area (Å²) in [7, 11) is 0. The number of hydrogen-bond acceptors (Lipinski definition) is 3. The fourth-order valence-electron chi connectivity index (χ4n) is 1.53. The molecule has 4 heteroatoms. The van der Waals surface area contributed by atoms with Crippen molar-refractivity contribution in [2.75, 3.05) is 6.61 Å². The van der Waals surface area contributed by atoms with Gasteiger partial charge in [0.1, 0.15) is 0 Å². The number of hydrogen-bond donors (Lipinski definition) is 1. The minimum atomic E-state index is -0.864. The highest BCUT2D eigenvalue weighted by Gasteiger charge is 2.36. The number of rotatable bonds is 3. The quantitative estimate of drug-likeness (QED) is 0.635. The Morgan fingerprint density at radius 1 is 1.75 bits per heavy atom. The molecule has 1 aliphatic heterocycles. The van der Waals surface area contributed by atoms with E-state index in [-0.39, 0.29) is 30.8 Å². The summed E-state index contributed by atoms with van der Waals surface area (Å²) in [4.78, 5) is 21.3. The monoisotopic (exact) mass is 172 g/mol. The standard InChI is InChI=1S/C8H12O4/c1-2-6-5(3-7(9)10)4-12-8(6)11/h5-6H,2-4H2,1H3,(H,9,10)/t5-,6+/m1/s1. The predicted octanol–water partition coefficient (Wildman–Crippen LogP) is 0.660. The van der Waals surface area contributed by atoms with E-state index >= 15 is 0 Å². The number of carboxylic acid groups (broad SMARTS) is 1. The topological polar surface area (TPSA) is 63.6 Å². The van der Waals surface area contributed by atoms with Crippen molar-refractivity contribution in [3.63, 3.8) is 0 Å². The zero-order valence-corrected chi connectivity index (χ0v) is 6.95. The first-order valence-electron chi connectivity index (χ1n) is 4.03. The summed E-state index contributed by atoms with van der Waals surface area (Å²) in [6.07, 6.45) is 0.695. The van der Waals surface area contributed by atoms with E-state index in [1.54, 1.807) is 0 Å². The lowest BCUT2D eigenvalue weighted by Gasteiger charge is -2.09. The number of cyclic esters (lactones) is 1. The Hall–Kier alpha value is -1.06. The fraction of sp³-hybridized carbons (Fsp3) is 0.750. The second-order valence-corrected chi connectivity index (χ2v) is 3.00. The molecular formula is C8H12O4. The molecule has 0 aromatic carbocycles. The largest absolute Gasteiger partial charge is 0.481 e. The Morgan fingerprint density at radius 2 is 2.42 bits per heavy atom. The average molecular weight is 172 g/mol. The Labute approximate surface area is 70.5 Å². The van der Waals surface area contributed by atoms with Gasteiger partial charge in [0.15, 0.2) is 0 Å². The number of aliphatic carboxylic acids is 1. The molecule has 1 saturated heterocycles. The maximum absolute atomic E-state index is 11.0. The molecule has 1 aliphatic rings. The van der Waals surface area contributed by atoms with Crippen molar-refractivity contribution in [3.8, 4) is 0 Å². The Balaban J connectivity index is 2.54. The summed E-state index contributed by atoms with van der Waals surface area (Å²) in [5.74, 6) is -1.44. The van der Waals surface area contributed by atoms with Crippen LogP contribution in [-0.2, 0) is 14.3 Å². The highest BCUT2D eigenvalue weighted by atomic mass is 16.5. The van der Waals surface area contributed by atoms with Crippen molar-refractivity contribution in [1.29, 1.82) is 0 Å². The van der Waals surface area contributed by atoms with E-state index in [1.165, 1.54) is 0 Å². The van der Waals surface area contributed by atoms with Gasteiger partial charge in [0, 0.05) is 5.92 Å². The van der Waals surface area contributed by atoms with Crippen molar-refractivity contribution < 1.29 is 19.4 Å². The van der Waals surface area contributed by atoms with Gasteiger partial charge in [0.25, 0.3) is 0 Å². The molecule has 2 atom stereocenters. The predicted molar refractivity (Wildman–Crippen MR) is 40.5 cm³/mol. The SMILES string of the molecule is CC[C@@H]1C(=O)OC[C@H]1CC(=O)O. The first kappa shape index (κ1) is 9.03. The van der Waals surface area contributed by atoms with Crippen LogP contribution < -0.4 is 0 Å². The Kier molecular flexibility index (Phi) is 2.68. The molecule has 0 radical (unpaired) electrons. The zero-order valence-electron chi connectivity index (χ0n) is 6.95. The molecule has 1 heterocycles.